The first kappa shape index (κ1) is 23.5. The predicted octanol–water partition coefficient (Wildman–Crippen LogP) is 7.32. The summed E-state index contributed by atoms with van der Waals surface area (Å²) in [4.78, 5) is 7.07. The zero-order valence-electron chi connectivity index (χ0n) is 18.3. The predicted molar refractivity (Wildman–Crippen MR) is 112 cm³/mol. The van der Waals surface area contributed by atoms with Crippen molar-refractivity contribution in [1.29, 1.82) is 0 Å². The Morgan fingerprint density at radius 3 is 1.97 bits per heavy atom. The van der Waals surface area contributed by atoms with Gasteiger partial charge in [0.15, 0.2) is 0 Å². The van der Waals surface area contributed by atoms with Crippen molar-refractivity contribution in [3.63, 3.8) is 0 Å². The van der Waals surface area contributed by atoms with Gasteiger partial charge in [-0.15, -0.1) is 0 Å². The van der Waals surface area contributed by atoms with Gasteiger partial charge in [-0.2, -0.15) is 13.2 Å². The largest absolute Gasteiger partial charge is 0.451 e. The zero-order valence-corrected chi connectivity index (χ0v) is 18.3. The lowest BCUT2D eigenvalue weighted by molar-refractivity contribution is -0.145. The lowest BCUT2D eigenvalue weighted by Gasteiger charge is -2.37. The van der Waals surface area contributed by atoms with Gasteiger partial charge in [-0.1, -0.05) is 32.6 Å². The summed E-state index contributed by atoms with van der Waals surface area (Å²) < 4.78 is 44.0. The molecule has 3 nitrogen and oxygen atoms in total. The molecule has 2 aliphatic rings. The van der Waals surface area contributed by atoms with Crippen molar-refractivity contribution >= 4 is 0 Å². The van der Waals surface area contributed by atoms with Crippen LogP contribution in [0.25, 0.3) is 0 Å². The van der Waals surface area contributed by atoms with E-state index in [1.165, 1.54) is 83.0 Å². The number of halogens is 3. The molecule has 3 rings (SSSR count). The first-order valence-corrected chi connectivity index (χ1v) is 12.0. The molecule has 0 bridgehead atoms. The number of nitrogens with zero attached hydrogens (tertiary/aromatic N) is 2. The van der Waals surface area contributed by atoms with E-state index in [2.05, 4.69) is 16.9 Å². The topological polar surface area (TPSA) is 35.0 Å². The van der Waals surface area contributed by atoms with Gasteiger partial charge < -0.3 is 4.74 Å². The van der Waals surface area contributed by atoms with Crippen LogP contribution in [0.3, 0.4) is 0 Å². The first-order chi connectivity index (χ1) is 14.5. The quantitative estimate of drug-likeness (QED) is 0.388. The second-order valence-electron chi connectivity index (χ2n) is 9.27. The summed E-state index contributed by atoms with van der Waals surface area (Å²) in [5.74, 6) is 0.807. The third kappa shape index (κ3) is 6.93. The highest BCUT2D eigenvalue weighted by Gasteiger charge is 2.35. The van der Waals surface area contributed by atoms with Crippen LogP contribution in [-0.4, -0.2) is 22.7 Å². The van der Waals surface area contributed by atoms with E-state index in [0.29, 0.717) is 12.0 Å². The Hall–Kier alpha value is -1.17. The van der Waals surface area contributed by atoms with Crippen LogP contribution >= 0.6 is 0 Å². The van der Waals surface area contributed by atoms with Crippen LogP contribution in [0.1, 0.15) is 108 Å². The number of hydrogen-bond acceptors (Lipinski definition) is 3. The standard InChI is InChI=1S/C24H37F3N2O/c1-2-3-4-5-6-15-30-22-13-11-19(12-14-22)18-7-9-20(10-8-18)21-16-28-23(29-17-21)24(25,26)27/h16-20,22H,2-15H2,1H3/t18?,19-,20?,22-. The second kappa shape index (κ2) is 11.4. The summed E-state index contributed by atoms with van der Waals surface area (Å²) in [5.41, 5.74) is 0.859. The molecule has 0 spiro atoms. The number of alkyl halides is 3. The molecule has 0 amide bonds. The highest BCUT2D eigenvalue weighted by atomic mass is 19.4. The molecule has 0 saturated heterocycles. The van der Waals surface area contributed by atoms with Crippen molar-refractivity contribution in [1.82, 2.24) is 9.97 Å². The minimum absolute atomic E-state index is 0.302. The van der Waals surface area contributed by atoms with Crippen molar-refractivity contribution in [2.45, 2.75) is 109 Å². The van der Waals surface area contributed by atoms with Gasteiger partial charge in [-0.25, -0.2) is 9.97 Å². The van der Waals surface area contributed by atoms with Crippen LogP contribution in [0.2, 0.25) is 0 Å². The van der Waals surface area contributed by atoms with Gasteiger partial charge in [0.1, 0.15) is 0 Å². The van der Waals surface area contributed by atoms with Gasteiger partial charge in [0.05, 0.1) is 6.10 Å². The van der Waals surface area contributed by atoms with Gasteiger partial charge in [0.25, 0.3) is 0 Å². The van der Waals surface area contributed by atoms with Gasteiger partial charge in [-0.3, -0.25) is 0 Å². The minimum Gasteiger partial charge on any atom is -0.378 e. The Labute approximate surface area is 179 Å². The van der Waals surface area contributed by atoms with Crippen molar-refractivity contribution in [3.8, 4) is 0 Å². The highest BCUT2D eigenvalue weighted by molar-refractivity contribution is 5.13. The molecule has 0 aliphatic heterocycles. The fraction of sp³-hybridized carbons (Fsp3) is 0.833. The molecule has 1 aromatic heterocycles. The monoisotopic (exact) mass is 426 g/mol. The van der Waals surface area contributed by atoms with E-state index in [4.69, 9.17) is 4.74 Å². The molecule has 6 heteroatoms. The molecular weight excluding hydrogens is 389 g/mol. The van der Waals surface area contributed by atoms with Crippen LogP contribution < -0.4 is 0 Å². The van der Waals surface area contributed by atoms with E-state index >= 15 is 0 Å². The number of ether oxygens (including phenoxy) is 1. The summed E-state index contributed by atoms with van der Waals surface area (Å²) in [6, 6.07) is 0. The maximum atomic E-state index is 12.6. The van der Waals surface area contributed by atoms with Crippen LogP contribution in [0.5, 0.6) is 0 Å². The molecule has 2 saturated carbocycles. The van der Waals surface area contributed by atoms with E-state index in [1.54, 1.807) is 0 Å². The number of hydrogen-bond donors (Lipinski definition) is 0. The average Bonchev–Trinajstić information content (AvgIpc) is 2.76. The number of aromatic nitrogens is 2. The van der Waals surface area contributed by atoms with Crippen LogP contribution in [0.15, 0.2) is 12.4 Å². The summed E-state index contributed by atoms with van der Waals surface area (Å²) in [5, 5.41) is 0. The Balaban J connectivity index is 1.34. The summed E-state index contributed by atoms with van der Waals surface area (Å²) in [6.07, 6.45) is 14.5. The fourth-order valence-corrected chi connectivity index (χ4v) is 5.30. The van der Waals surface area contributed by atoms with Gasteiger partial charge in [0.2, 0.25) is 5.82 Å². The van der Waals surface area contributed by atoms with Crippen LogP contribution in [0.4, 0.5) is 13.2 Å². The third-order valence-corrected chi connectivity index (χ3v) is 7.16. The van der Waals surface area contributed by atoms with Crippen molar-refractivity contribution in [3.05, 3.63) is 23.8 Å². The second-order valence-corrected chi connectivity index (χ2v) is 9.27. The maximum absolute atomic E-state index is 12.6. The van der Waals surface area contributed by atoms with Crippen molar-refractivity contribution in [2.75, 3.05) is 6.61 Å². The Morgan fingerprint density at radius 1 is 0.833 bits per heavy atom. The molecule has 30 heavy (non-hydrogen) atoms. The average molecular weight is 427 g/mol. The SMILES string of the molecule is CCCCCCCO[C@H]1CC[C@H](C2CCC(c3cnc(C(F)(F)F)nc3)CC2)CC1. The molecule has 0 N–H and O–H groups in total. The molecule has 1 heterocycles. The first-order valence-electron chi connectivity index (χ1n) is 12.0. The van der Waals surface area contributed by atoms with Crippen molar-refractivity contribution < 1.29 is 17.9 Å². The Morgan fingerprint density at radius 2 is 1.40 bits per heavy atom. The zero-order chi connectivity index (χ0) is 21.4. The van der Waals surface area contributed by atoms with Crippen molar-refractivity contribution in [2.24, 2.45) is 11.8 Å². The number of unbranched alkanes of at least 4 members (excludes halogenated alkanes) is 4. The Kier molecular flexibility index (Phi) is 8.97. The van der Waals surface area contributed by atoms with Gasteiger partial charge in [-0.05, 0) is 81.1 Å². The summed E-state index contributed by atoms with van der Waals surface area (Å²) in [7, 11) is 0. The van der Waals surface area contributed by atoms with E-state index in [0.717, 1.165) is 36.8 Å². The Bertz CT molecular complexity index is 604. The van der Waals surface area contributed by atoms with Crippen LogP contribution in [0, 0.1) is 11.8 Å². The molecule has 0 atom stereocenters. The molecule has 2 fully saturated rings. The molecular formula is C24H37F3N2O. The molecule has 0 aromatic carbocycles. The maximum Gasteiger partial charge on any atom is 0.451 e. The van der Waals surface area contributed by atoms with E-state index in [1.807, 2.05) is 0 Å². The smallest absolute Gasteiger partial charge is 0.378 e. The fourth-order valence-electron chi connectivity index (χ4n) is 5.30. The highest BCUT2D eigenvalue weighted by Crippen LogP contribution is 2.43. The third-order valence-electron chi connectivity index (χ3n) is 7.16. The van der Waals surface area contributed by atoms with E-state index in [-0.39, 0.29) is 0 Å². The summed E-state index contributed by atoms with van der Waals surface area (Å²) in [6.45, 7) is 3.16. The lowest BCUT2D eigenvalue weighted by atomic mass is 9.70. The van der Waals surface area contributed by atoms with Gasteiger partial charge in [0, 0.05) is 19.0 Å². The van der Waals surface area contributed by atoms with Crippen LogP contribution in [-0.2, 0) is 10.9 Å². The van der Waals surface area contributed by atoms with E-state index in [9.17, 15) is 13.2 Å². The minimum atomic E-state index is -4.46. The molecule has 0 unspecified atom stereocenters. The van der Waals surface area contributed by atoms with Gasteiger partial charge >= 0.3 is 6.18 Å². The normalized spacial score (nSPS) is 27.9. The lowest BCUT2D eigenvalue weighted by Crippen LogP contribution is -2.28. The molecule has 0 radical (unpaired) electrons. The molecule has 2 aliphatic carbocycles. The summed E-state index contributed by atoms with van der Waals surface area (Å²) >= 11 is 0. The van der Waals surface area contributed by atoms with E-state index < -0.39 is 12.0 Å². The number of rotatable bonds is 9. The molecule has 1 aromatic rings. The molecule has 170 valence electrons.